The number of aryl methyl sites for hydroxylation is 1. The van der Waals surface area contributed by atoms with Crippen molar-refractivity contribution in [3.8, 4) is 17.5 Å². The van der Waals surface area contributed by atoms with E-state index < -0.39 is 0 Å². The van der Waals surface area contributed by atoms with E-state index in [1.54, 1.807) is 17.9 Å². The van der Waals surface area contributed by atoms with Crippen molar-refractivity contribution in [1.29, 1.82) is 0 Å². The Bertz CT molecular complexity index is 499. The van der Waals surface area contributed by atoms with E-state index in [1.165, 1.54) is 0 Å². The Morgan fingerprint density at radius 3 is 2.81 bits per heavy atom. The van der Waals surface area contributed by atoms with Crippen molar-refractivity contribution in [1.82, 2.24) is 29.9 Å². The number of rotatable bonds is 3. The van der Waals surface area contributed by atoms with Gasteiger partial charge in [-0.25, -0.2) is 4.68 Å². The van der Waals surface area contributed by atoms with Crippen LogP contribution in [0.2, 0.25) is 5.28 Å². The predicted molar refractivity (Wildman–Crippen MR) is 56.0 cm³/mol. The molecule has 0 unspecified atom stereocenters. The van der Waals surface area contributed by atoms with Gasteiger partial charge in [-0.15, -0.1) is 5.10 Å². The van der Waals surface area contributed by atoms with Crippen LogP contribution in [0.15, 0.2) is 6.20 Å². The van der Waals surface area contributed by atoms with Crippen molar-refractivity contribution in [2.45, 2.75) is 6.92 Å². The lowest BCUT2D eigenvalue weighted by molar-refractivity contribution is 0.312. The van der Waals surface area contributed by atoms with Gasteiger partial charge in [0.1, 0.15) is 5.69 Å². The molecule has 0 amide bonds. The van der Waals surface area contributed by atoms with Gasteiger partial charge in [0, 0.05) is 7.05 Å². The van der Waals surface area contributed by atoms with E-state index in [4.69, 9.17) is 16.3 Å². The van der Waals surface area contributed by atoms with Crippen LogP contribution in [0, 0.1) is 0 Å². The summed E-state index contributed by atoms with van der Waals surface area (Å²) in [5, 5.41) is 7.59. The zero-order chi connectivity index (χ0) is 11.5. The van der Waals surface area contributed by atoms with Gasteiger partial charge >= 0.3 is 6.01 Å². The molecule has 0 atom stereocenters. The third-order valence-corrected chi connectivity index (χ3v) is 1.97. The van der Waals surface area contributed by atoms with Crippen molar-refractivity contribution in [2.75, 3.05) is 6.61 Å². The van der Waals surface area contributed by atoms with Crippen LogP contribution in [-0.4, -0.2) is 36.6 Å². The zero-order valence-corrected chi connectivity index (χ0v) is 9.51. The van der Waals surface area contributed by atoms with Gasteiger partial charge in [0.15, 0.2) is 5.82 Å². The Morgan fingerprint density at radius 2 is 2.19 bits per heavy atom. The van der Waals surface area contributed by atoms with E-state index in [-0.39, 0.29) is 11.3 Å². The lowest BCUT2D eigenvalue weighted by Gasteiger charge is -2.03. The molecule has 0 fully saturated rings. The average Bonchev–Trinajstić information content (AvgIpc) is 2.64. The van der Waals surface area contributed by atoms with Crippen molar-refractivity contribution in [3.63, 3.8) is 0 Å². The van der Waals surface area contributed by atoms with Gasteiger partial charge in [0.05, 0.1) is 12.8 Å². The van der Waals surface area contributed by atoms with Gasteiger partial charge in [-0.1, -0.05) is 5.21 Å². The monoisotopic (exact) mass is 240 g/mol. The summed E-state index contributed by atoms with van der Waals surface area (Å²) in [6.45, 7) is 2.30. The first-order chi connectivity index (χ1) is 7.70. The van der Waals surface area contributed by atoms with Gasteiger partial charge in [0.2, 0.25) is 5.28 Å². The fraction of sp³-hybridized carbons (Fsp3) is 0.375. The Kier molecular flexibility index (Phi) is 2.95. The fourth-order valence-corrected chi connectivity index (χ4v) is 1.28. The summed E-state index contributed by atoms with van der Waals surface area (Å²) < 4.78 is 6.71. The highest BCUT2D eigenvalue weighted by atomic mass is 35.5. The maximum atomic E-state index is 5.76. The number of aromatic nitrogens is 6. The lowest BCUT2D eigenvalue weighted by atomic mass is 10.4. The van der Waals surface area contributed by atoms with E-state index in [1.807, 2.05) is 6.92 Å². The predicted octanol–water partition coefficient (Wildman–Crippen LogP) is 0.719. The Balaban J connectivity index is 2.45. The van der Waals surface area contributed by atoms with Crippen LogP contribution in [0.25, 0.3) is 11.5 Å². The van der Waals surface area contributed by atoms with Crippen LogP contribution >= 0.6 is 11.6 Å². The molecule has 0 aliphatic heterocycles. The van der Waals surface area contributed by atoms with Gasteiger partial charge in [-0.2, -0.15) is 15.0 Å². The van der Waals surface area contributed by atoms with Gasteiger partial charge in [-0.05, 0) is 18.5 Å². The first kappa shape index (κ1) is 10.7. The molecule has 0 saturated heterocycles. The summed E-state index contributed by atoms with van der Waals surface area (Å²) in [4.78, 5) is 11.9. The van der Waals surface area contributed by atoms with Crippen LogP contribution < -0.4 is 4.74 Å². The van der Waals surface area contributed by atoms with Crippen LogP contribution in [0.1, 0.15) is 6.92 Å². The summed E-state index contributed by atoms with van der Waals surface area (Å²) in [6, 6.07) is 0.193. The minimum Gasteiger partial charge on any atom is -0.464 e. The SMILES string of the molecule is CCOc1nc(Cl)nc(-c2cnnn2C)n1. The second-order valence-corrected chi connectivity index (χ2v) is 3.22. The highest BCUT2D eigenvalue weighted by Crippen LogP contribution is 2.16. The largest absolute Gasteiger partial charge is 0.464 e. The summed E-state index contributed by atoms with van der Waals surface area (Å²) in [7, 11) is 1.74. The zero-order valence-electron chi connectivity index (χ0n) is 8.75. The standard InChI is InChI=1S/C8H9ClN6O/c1-3-16-8-12-6(11-7(9)13-8)5-4-10-14-15(5)2/h4H,3H2,1-2H3. The third-order valence-electron chi connectivity index (χ3n) is 1.80. The summed E-state index contributed by atoms with van der Waals surface area (Å²) in [6.07, 6.45) is 1.54. The second kappa shape index (κ2) is 4.40. The number of nitrogens with zero attached hydrogens (tertiary/aromatic N) is 6. The van der Waals surface area contributed by atoms with Gasteiger partial charge < -0.3 is 4.74 Å². The molecule has 0 bridgehead atoms. The normalized spacial score (nSPS) is 10.4. The molecule has 84 valence electrons. The van der Waals surface area contributed by atoms with E-state index in [9.17, 15) is 0 Å². The van der Waals surface area contributed by atoms with E-state index in [0.717, 1.165) is 0 Å². The average molecular weight is 241 g/mol. The van der Waals surface area contributed by atoms with Crippen molar-refractivity contribution < 1.29 is 4.74 Å². The number of hydrogen-bond donors (Lipinski definition) is 0. The van der Waals surface area contributed by atoms with E-state index in [0.29, 0.717) is 18.1 Å². The molecule has 0 radical (unpaired) electrons. The third kappa shape index (κ3) is 2.08. The first-order valence-corrected chi connectivity index (χ1v) is 4.98. The Morgan fingerprint density at radius 1 is 1.38 bits per heavy atom. The molecule has 0 saturated carbocycles. The molecular formula is C8H9ClN6O. The maximum absolute atomic E-state index is 5.76. The minimum atomic E-state index is 0.0784. The quantitative estimate of drug-likeness (QED) is 0.787. The molecule has 7 nitrogen and oxygen atoms in total. The first-order valence-electron chi connectivity index (χ1n) is 4.60. The minimum absolute atomic E-state index is 0.0784. The molecular weight excluding hydrogens is 232 g/mol. The molecule has 0 aliphatic rings. The van der Waals surface area contributed by atoms with Crippen LogP contribution in [0.4, 0.5) is 0 Å². The Hall–Kier alpha value is -1.76. The molecule has 2 heterocycles. The molecule has 2 aromatic heterocycles. The van der Waals surface area contributed by atoms with Crippen molar-refractivity contribution in [3.05, 3.63) is 11.5 Å². The highest BCUT2D eigenvalue weighted by Gasteiger charge is 2.11. The molecule has 0 spiro atoms. The molecule has 0 aromatic carbocycles. The Labute approximate surface area is 96.5 Å². The molecule has 16 heavy (non-hydrogen) atoms. The maximum Gasteiger partial charge on any atom is 0.321 e. The van der Waals surface area contributed by atoms with Gasteiger partial charge in [0.25, 0.3) is 0 Å². The smallest absolute Gasteiger partial charge is 0.321 e. The van der Waals surface area contributed by atoms with Crippen molar-refractivity contribution in [2.24, 2.45) is 7.05 Å². The summed E-state index contributed by atoms with van der Waals surface area (Å²) in [5.74, 6) is 0.385. The summed E-state index contributed by atoms with van der Waals surface area (Å²) in [5.41, 5.74) is 0.644. The summed E-state index contributed by atoms with van der Waals surface area (Å²) >= 11 is 5.76. The second-order valence-electron chi connectivity index (χ2n) is 2.89. The van der Waals surface area contributed by atoms with E-state index >= 15 is 0 Å². The molecule has 2 rings (SSSR count). The van der Waals surface area contributed by atoms with E-state index in [2.05, 4.69) is 25.3 Å². The van der Waals surface area contributed by atoms with Crippen LogP contribution in [0.5, 0.6) is 6.01 Å². The van der Waals surface area contributed by atoms with Crippen LogP contribution in [0.3, 0.4) is 0 Å². The topological polar surface area (TPSA) is 78.6 Å². The molecule has 2 aromatic rings. The fourth-order valence-electron chi connectivity index (χ4n) is 1.13. The number of hydrogen-bond acceptors (Lipinski definition) is 6. The molecule has 8 heteroatoms. The lowest BCUT2D eigenvalue weighted by Crippen LogP contribution is -2.03. The molecule has 0 N–H and O–H groups in total. The van der Waals surface area contributed by atoms with Crippen molar-refractivity contribution >= 4 is 11.6 Å². The number of ether oxygens (including phenoxy) is 1. The van der Waals surface area contributed by atoms with Gasteiger partial charge in [-0.3, -0.25) is 0 Å². The molecule has 0 aliphatic carbocycles. The number of halogens is 1. The highest BCUT2D eigenvalue weighted by molar-refractivity contribution is 6.28. The van der Waals surface area contributed by atoms with Crippen LogP contribution in [-0.2, 0) is 7.05 Å².